The van der Waals surface area contributed by atoms with Crippen molar-refractivity contribution in [2.45, 2.75) is 40.5 Å². The van der Waals surface area contributed by atoms with Crippen molar-refractivity contribution >= 4 is 11.6 Å². The molecule has 0 aliphatic carbocycles. The average Bonchev–Trinajstić information content (AvgIpc) is 1.98. The van der Waals surface area contributed by atoms with Crippen LogP contribution in [0.2, 0.25) is 0 Å². The number of hydrogen-bond acceptors (Lipinski definition) is 2. The summed E-state index contributed by atoms with van der Waals surface area (Å²) in [6.07, 6.45) is 0.806. The Hall–Kier alpha value is -1.36. The monoisotopic (exact) mass is 192 g/mol. The third kappa shape index (κ3) is 7.30. The van der Waals surface area contributed by atoms with Crippen LogP contribution in [0.25, 0.3) is 0 Å². The van der Waals surface area contributed by atoms with Crippen molar-refractivity contribution in [3.8, 4) is 0 Å². The quantitative estimate of drug-likeness (QED) is 0.641. The fraction of sp³-hybridized carbons (Fsp3) is 0.500. The Balaban J connectivity index is 4.65. The Morgan fingerprint density at radius 1 is 0.786 bits per heavy atom. The predicted molar refractivity (Wildman–Crippen MR) is 56.0 cm³/mol. The highest BCUT2D eigenvalue weighted by Crippen LogP contribution is 2.00. The second-order valence-electron chi connectivity index (χ2n) is 3.57. The summed E-state index contributed by atoms with van der Waals surface area (Å²) in [5, 5.41) is 0. The van der Waals surface area contributed by atoms with E-state index in [1.807, 2.05) is 13.8 Å². The van der Waals surface area contributed by atoms with Crippen LogP contribution in [-0.4, -0.2) is 11.6 Å². The van der Waals surface area contributed by atoms with Crippen LogP contribution in [0.1, 0.15) is 40.5 Å². The van der Waals surface area contributed by atoms with E-state index in [9.17, 15) is 9.59 Å². The first-order valence-electron chi connectivity index (χ1n) is 4.57. The SMILES string of the molecule is CC(=O)CC(C)=C=C=C(C)CC(C)=O. The molecule has 0 fully saturated rings. The number of carbonyl (C=O) groups excluding carboxylic acids is 2. The molecule has 0 aliphatic rings. The van der Waals surface area contributed by atoms with Gasteiger partial charge in [-0.3, -0.25) is 9.59 Å². The number of ketones is 2. The lowest BCUT2D eigenvalue weighted by atomic mass is 10.1. The van der Waals surface area contributed by atoms with Gasteiger partial charge in [0.15, 0.2) is 0 Å². The van der Waals surface area contributed by atoms with E-state index >= 15 is 0 Å². The first kappa shape index (κ1) is 12.6. The standard InChI is InChI=1S/C12H16O2/c1-9(7-11(3)13)5-6-10(2)8-12(4)14/h7-8H2,1-4H3. The highest BCUT2D eigenvalue weighted by molar-refractivity contribution is 5.78. The summed E-state index contributed by atoms with van der Waals surface area (Å²) in [4.78, 5) is 21.5. The summed E-state index contributed by atoms with van der Waals surface area (Å²) in [7, 11) is 0. The van der Waals surface area contributed by atoms with Crippen LogP contribution in [0.15, 0.2) is 22.6 Å². The molecule has 0 atom stereocenters. The summed E-state index contributed by atoms with van der Waals surface area (Å²) >= 11 is 0. The molecule has 0 amide bonds. The molecule has 0 saturated heterocycles. The topological polar surface area (TPSA) is 34.1 Å². The molecular weight excluding hydrogens is 176 g/mol. The summed E-state index contributed by atoms with van der Waals surface area (Å²) in [6, 6.07) is 0. The number of Topliss-reactive ketones (excluding diaryl/α,β-unsaturated/α-hetero) is 2. The molecule has 0 bridgehead atoms. The molecule has 2 nitrogen and oxygen atoms in total. The third-order valence-electron chi connectivity index (χ3n) is 1.52. The molecule has 76 valence electrons. The maximum absolute atomic E-state index is 10.7. The molecule has 0 aromatic rings. The summed E-state index contributed by atoms with van der Waals surface area (Å²) in [5.41, 5.74) is 7.45. The maximum Gasteiger partial charge on any atom is 0.134 e. The Kier molecular flexibility index (Phi) is 5.55. The van der Waals surface area contributed by atoms with Crippen molar-refractivity contribution < 1.29 is 9.59 Å². The molecule has 0 saturated carbocycles. The molecule has 0 aromatic carbocycles. The van der Waals surface area contributed by atoms with E-state index in [2.05, 4.69) is 11.5 Å². The van der Waals surface area contributed by atoms with E-state index in [4.69, 9.17) is 0 Å². The number of hydrogen-bond donors (Lipinski definition) is 0. The summed E-state index contributed by atoms with van der Waals surface area (Å²) < 4.78 is 0. The van der Waals surface area contributed by atoms with Gasteiger partial charge >= 0.3 is 0 Å². The van der Waals surface area contributed by atoms with Crippen molar-refractivity contribution in [2.75, 3.05) is 0 Å². The molecule has 14 heavy (non-hydrogen) atoms. The van der Waals surface area contributed by atoms with Gasteiger partial charge in [0.1, 0.15) is 11.6 Å². The van der Waals surface area contributed by atoms with Crippen molar-refractivity contribution in [3.63, 3.8) is 0 Å². The van der Waals surface area contributed by atoms with Crippen molar-refractivity contribution in [1.29, 1.82) is 0 Å². The first-order valence-corrected chi connectivity index (χ1v) is 4.57. The molecule has 0 aromatic heterocycles. The van der Waals surface area contributed by atoms with Crippen molar-refractivity contribution in [1.82, 2.24) is 0 Å². The smallest absolute Gasteiger partial charge is 0.134 e. The first-order chi connectivity index (χ1) is 6.41. The summed E-state index contributed by atoms with van der Waals surface area (Å²) in [5.74, 6) is 0.224. The van der Waals surface area contributed by atoms with E-state index in [1.54, 1.807) is 0 Å². The van der Waals surface area contributed by atoms with E-state index in [-0.39, 0.29) is 11.6 Å². The lowest BCUT2D eigenvalue weighted by Crippen LogP contribution is -1.89. The normalized spacial score (nSPS) is 8.57. The molecule has 0 spiro atoms. The molecule has 0 rings (SSSR count). The molecule has 0 N–H and O–H groups in total. The largest absolute Gasteiger partial charge is 0.300 e. The van der Waals surface area contributed by atoms with Crippen LogP contribution in [0.3, 0.4) is 0 Å². The van der Waals surface area contributed by atoms with Gasteiger partial charge in [-0.1, -0.05) is 11.5 Å². The molecule has 2 heteroatoms. The van der Waals surface area contributed by atoms with Gasteiger partial charge in [0, 0.05) is 12.8 Å². The Bertz CT molecular complexity index is 301. The zero-order chi connectivity index (χ0) is 11.1. The molecule has 0 heterocycles. The Morgan fingerprint density at radius 3 is 1.29 bits per heavy atom. The molecular formula is C12H16O2. The van der Waals surface area contributed by atoms with Crippen LogP contribution in [0.4, 0.5) is 0 Å². The van der Waals surface area contributed by atoms with Gasteiger partial charge in [-0.15, -0.1) is 0 Å². The van der Waals surface area contributed by atoms with Gasteiger partial charge in [-0.2, -0.15) is 0 Å². The minimum atomic E-state index is 0.112. The zero-order valence-corrected chi connectivity index (χ0v) is 9.23. The Labute approximate surface area is 85.0 Å². The maximum atomic E-state index is 10.7. The van der Waals surface area contributed by atoms with Crippen LogP contribution >= 0.6 is 0 Å². The van der Waals surface area contributed by atoms with Gasteiger partial charge in [-0.05, 0) is 38.8 Å². The van der Waals surface area contributed by atoms with Crippen molar-refractivity contribution in [3.05, 3.63) is 22.6 Å². The van der Waals surface area contributed by atoms with Crippen LogP contribution < -0.4 is 0 Å². The fourth-order valence-electron chi connectivity index (χ4n) is 1.05. The van der Waals surface area contributed by atoms with E-state index in [1.165, 1.54) is 13.8 Å². The minimum Gasteiger partial charge on any atom is -0.300 e. The molecule has 0 unspecified atom stereocenters. The fourth-order valence-corrected chi connectivity index (χ4v) is 1.05. The predicted octanol–water partition coefficient (Wildman–Crippen LogP) is 2.59. The molecule has 0 aliphatic heterocycles. The van der Waals surface area contributed by atoms with Gasteiger partial charge in [-0.25, -0.2) is 0 Å². The highest BCUT2D eigenvalue weighted by atomic mass is 16.1. The number of rotatable bonds is 4. The van der Waals surface area contributed by atoms with Crippen LogP contribution in [-0.2, 0) is 9.59 Å². The lowest BCUT2D eigenvalue weighted by Gasteiger charge is -1.90. The van der Waals surface area contributed by atoms with Crippen molar-refractivity contribution in [2.24, 2.45) is 0 Å². The van der Waals surface area contributed by atoms with Crippen LogP contribution in [0.5, 0.6) is 0 Å². The van der Waals surface area contributed by atoms with Crippen LogP contribution in [0, 0.1) is 0 Å². The second-order valence-corrected chi connectivity index (χ2v) is 3.57. The van der Waals surface area contributed by atoms with Gasteiger partial charge < -0.3 is 0 Å². The van der Waals surface area contributed by atoms with Gasteiger partial charge in [0.05, 0.1) is 0 Å². The average molecular weight is 192 g/mol. The molecule has 0 radical (unpaired) electrons. The van der Waals surface area contributed by atoms with E-state index in [0.717, 1.165) is 11.1 Å². The van der Waals surface area contributed by atoms with E-state index in [0.29, 0.717) is 12.8 Å². The Morgan fingerprint density at radius 2 is 1.07 bits per heavy atom. The minimum absolute atomic E-state index is 0.112. The summed E-state index contributed by atoms with van der Waals surface area (Å²) in [6.45, 7) is 6.74. The lowest BCUT2D eigenvalue weighted by molar-refractivity contribution is -0.117. The third-order valence-corrected chi connectivity index (χ3v) is 1.52. The highest BCUT2D eigenvalue weighted by Gasteiger charge is 1.94. The number of allylic oxidation sites excluding steroid dienone is 2. The van der Waals surface area contributed by atoms with E-state index < -0.39 is 0 Å². The van der Waals surface area contributed by atoms with Gasteiger partial charge in [0.2, 0.25) is 0 Å². The zero-order valence-electron chi connectivity index (χ0n) is 9.23. The van der Waals surface area contributed by atoms with Gasteiger partial charge in [0.25, 0.3) is 0 Å². The second kappa shape index (κ2) is 6.15. The number of carbonyl (C=O) groups is 2.